The lowest BCUT2D eigenvalue weighted by Crippen LogP contribution is -2.57. The first-order valence-corrected chi connectivity index (χ1v) is 12.4. The molecule has 1 heterocycles. The molecule has 35 heavy (non-hydrogen) atoms. The number of benzene rings is 1. The number of fused-ring (bicyclic) bond motifs is 1. The maximum absolute atomic E-state index is 13.0. The minimum absolute atomic E-state index is 0.0444. The second-order valence-electron chi connectivity index (χ2n) is 10.4. The minimum Gasteiger partial charge on any atom is -0.444 e. The summed E-state index contributed by atoms with van der Waals surface area (Å²) < 4.78 is 5.31. The van der Waals surface area contributed by atoms with Crippen molar-refractivity contribution in [1.82, 2.24) is 20.4 Å². The highest BCUT2D eigenvalue weighted by molar-refractivity contribution is 5.93. The van der Waals surface area contributed by atoms with Crippen LogP contribution in [0.3, 0.4) is 0 Å². The molecule has 1 aromatic carbocycles. The van der Waals surface area contributed by atoms with Crippen LogP contribution in [0, 0.1) is 0 Å². The number of nitrogens with one attached hydrogen (secondary N) is 2. The summed E-state index contributed by atoms with van der Waals surface area (Å²) >= 11 is 0. The lowest BCUT2D eigenvalue weighted by atomic mass is 9.88. The van der Waals surface area contributed by atoms with E-state index in [0.717, 1.165) is 24.8 Å². The first kappa shape index (κ1) is 26.5. The molecule has 9 heteroatoms. The molecule has 0 radical (unpaired) electrons. The zero-order chi connectivity index (χ0) is 25.8. The van der Waals surface area contributed by atoms with Gasteiger partial charge in [0.1, 0.15) is 17.7 Å². The number of rotatable bonds is 6. The zero-order valence-corrected chi connectivity index (χ0v) is 21.4. The molecule has 3 rings (SSSR count). The van der Waals surface area contributed by atoms with Gasteiger partial charge in [-0.2, -0.15) is 0 Å². The van der Waals surface area contributed by atoms with Gasteiger partial charge in [-0.25, -0.2) is 4.79 Å². The van der Waals surface area contributed by atoms with E-state index in [-0.39, 0.29) is 24.4 Å². The van der Waals surface area contributed by atoms with Gasteiger partial charge in [-0.3, -0.25) is 19.3 Å². The summed E-state index contributed by atoms with van der Waals surface area (Å²) in [5.74, 6) is -0.928. The second kappa shape index (κ2) is 11.1. The van der Waals surface area contributed by atoms with Gasteiger partial charge >= 0.3 is 6.09 Å². The van der Waals surface area contributed by atoms with Gasteiger partial charge < -0.3 is 20.3 Å². The number of ether oxygens (including phenoxy) is 1. The van der Waals surface area contributed by atoms with E-state index >= 15 is 0 Å². The van der Waals surface area contributed by atoms with Crippen LogP contribution in [0.1, 0.15) is 70.5 Å². The van der Waals surface area contributed by atoms with Gasteiger partial charge in [-0.05, 0) is 70.9 Å². The van der Waals surface area contributed by atoms with Gasteiger partial charge in [0.05, 0.1) is 12.6 Å². The van der Waals surface area contributed by atoms with E-state index in [2.05, 4.69) is 16.7 Å². The van der Waals surface area contributed by atoms with Crippen LogP contribution >= 0.6 is 0 Å². The summed E-state index contributed by atoms with van der Waals surface area (Å²) in [5.41, 5.74) is 1.72. The van der Waals surface area contributed by atoms with Crippen LogP contribution < -0.4 is 10.6 Å². The third-order valence-electron chi connectivity index (χ3n) is 6.53. The SMILES string of the molecule is CC(C(=O)NC1CCCN(CC(=O)NC2CCCc3ccccc32)C1=O)N(C)C(=O)OC(C)(C)C. The molecular weight excluding hydrogens is 448 g/mol. The molecule has 0 aromatic heterocycles. The Bertz CT molecular complexity index is 957. The van der Waals surface area contributed by atoms with Gasteiger partial charge in [-0.1, -0.05) is 24.3 Å². The number of likely N-dealkylation sites (N-methyl/N-ethyl adjacent to an activating group) is 1. The van der Waals surface area contributed by atoms with Gasteiger partial charge in [0.15, 0.2) is 0 Å². The first-order valence-electron chi connectivity index (χ1n) is 12.4. The van der Waals surface area contributed by atoms with E-state index in [9.17, 15) is 19.2 Å². The summed E-state index contributed by atoms with van der Waals surface area (Å²) in [4.78, 5) is 53.6. The number of aryl methyl sites for hydroxylation is 1. The van der Waals surface area contributed by atoms with Crippen molar-refractivity contribution in [3.05, 3.63) is 35.4 Å². The number of hydrogen-bond donors (Lipinski definition) is 2. The van der Waals surface area contributed by atoms with Crippen molar-refractivity contribution in [3.63, 3.8) is 0 Å². The van der Waals surface area contributed by atoms with E-state index in [1.54, 1.807) is 27.7 Å². The molecule has 0 saturated carbocycles. The molecule has 1 aromatic rings. The highest BCUT2D eigenvalue weighted by Crippen LogP contribution is 2.29. The average Bonchev–Trinajstić information content (AvgIpc) is 2.79. The van der Waals surface area contributed by atoms with Crippen molar-refractivity contribution in [1.29, 1.82) is 0 Å². The van der Waals surface area contributed by atoms with Crippen molar-refractivity contribution < 1.29 is 23.9 Å². The van der Waals surface area contributed by atoms with Gasteiger partial charge in [0, 0.05) is 13.6 Å². The number of carbonyl (C=O) groups excluding carboxylic acids is 4. The normalized spacial score (nSPS) is 20.9. The Kier molecular flexibility index (Phi) is 8.40. The lowest BCUT2D eigenvalue weighted by Gasteiger charge is -2.34. The predicted octanol–water partition coefficient (Wildman–Crippen LogP) is 2.54. The van der Waals surface area contributed by atoms with E-state index in [1.165, 1.54) is 22.4 Å². The van der Waals surface area contributed by atoms with E-state index < -0.39 is 29.7 Å². The Labute approximate surface area is 207 Å². The third kappa shape index (κ3) is 6.96. The first-order chi connectivity index (χ1) is 16.5. The summed E-state index contributed by atoms with van der Waals surface area (Å²) in [6, 6.07) is 6.54. The number of likely N-dealkylation sites (tertiary alicyclic amines) is 1. The van der Waals surface area contributed by atoms with Crippen LogP contribution in [0.5, 0.6) is 0 Å². The molecule has 1 aliphatic heterocycles. The number of nitrogens with zero attached hydrogens (tertiary/aromatic N) is 2. The third-order valence-corrected chi connectivity index (χ3v) is 6.53. The van der Waals surface area contributed by atoms with E-state index in [0.29, 0.717) is 19.4 Å². The minimum atomic E-state index is -0.817. The molecule has 3 atom stereocenters. The standard InChI is InChI=1S/C26H38N4O5/c1-17(29(5)25(34)35-26(2,3)4)23(32)28-21-14-9-15-30(24(21)33)16-22(31)27-20-13-8-11-18-10-6-7-12-19(18)20/h6-7,10,12,17,20-21H,8-9,11,13-16H2,1-5H3,(H,27,31)(H,28,32). The van der Waals surface area contributed by atoms with Crippen LogP contribution in [0.25, 0.3) is 0 Å². The van der Waals surface area contributed by atoms with Crippen molar-refractivity contribution in [2.24, 2.45) is 0 Å². The van der Waals surface area contributed by atoms with E-state index in [4.69, 9.17) is 4.74 Å². The maximum Gasteiger partial charge on any atom is 0.410 e. The fourth-order valence-electron chi connectivity index (χ4n) is 4.51. The molecule has 3 unspecified atom stereocenters. The Morgan fingerprint density at radius 1 is 1.11 bits per heavy atom. The quantitative estimate of drug-likeness (QED) is 0.643. The monoisotopic (exact) mass is 486 g/mol. The summed E-state index contributed by atoms with van der Waals surface area (Å²) in [7, 11) is 1.49. The molecular formula is C26H38N4O5. The molecule has 192 valence electrons. The number of amides is 4. The van der Waals surface area contributed by atoms with Crippen molar-refractivity contribution in [2.75, 3.05) is 20.1 Å². The topological polar surface area (TPSA) is 108 Å². The van der Waals surface area contributed by atoms with Crippen LogP contribution in [0.2, 0.25) is 0 Å². The summed E-state index contributed by atoms with van der Waals surface area (Å²) in [6.07, 6.45) is 3.44. The Balaban J connectivity index is 1.54. The van der Waals surface area contributed by atoms with Crippen molar-refractivity contribution >= 4 is 23.8 Å². The number of piperidine rings is 1. The van der Waals surface area contributed by atoms with Crippen molar-refractivity contribution in [3.8, 4) is 0 Å². The predicted molar refractivity (Wildman–Crippen MR) is 131 cm³/mol. The molecule has 1 saturated heterocycles. The lowest BCUT2D eigenvalue weighted by molar-refractivity contribution is -0.142. The fraction of sp³-hybridized carbons (Fsp3) is 0.615. The molecule has 1 fully saturated rings. The molecule has 2 aliphatic rings. The number of carbonyl (C=O) groups is 4. The second-order valence-corrected chi connectivity index (χ2v) is 10.4. The Morgan fingerprint density at radius 3 is 2.51 bits per heavy atom. The zero-order valence-electron chi connectivity index (χ0n) is 21.4. The highest BCUT2D eigenvalue weighted by atomic mass is 16.6. The van der Waals surface area contributed by atoms with Gasteiger partial charge in [0.25, 0.3) is 0 Å². The largest absolute Gasteiger partial charge is 0.444 e. The maximum atomic E-state index is 13.0. The molecule has 2 N–H and O–H groups in total. The van der Waals surface area contributed by atoms with Crippen LogP contribution in [-0.2, 0) is 25.5 Å². The Hall–Kier alpha value is -3.10. The van der Waals surface area contributed by atoms with Crippen LogP contribution in [0.15, 0.2) is 24.3 Å². The van der Waals surface area contributed by atoms with Gasteiger partial charge in [0.2, 0.25) is 17.7 Å². The fourth-order valence-corrected chi connectivity index (χ4v) is 4.51. The van der Waals surface area contributed by atoms with Crippen LogP contribution in [0.4, 0.5) is 4.79 Å². The van der Waals surface area contributed by atoms with E-state index in [1.807, 2.05) is 18.2 Å². The van der Waals surface area contributed by atoms with Gasteiger partial charge in [-0.15, -0.1) is 0 Å². The molecule has 0 spiro atoms. The average molecular weight is 487 g/mol. The number of hydrogen-bond acceptors (Lipinski definition) is 5. The molecule has 9 nitrogen and oxygen atoms in total. The molecule has 4 amide bonds. The molecule has 1 aliphatic carbocycles. The van der Waals surface area contributed by atoms with Crippen LogP contribution in [-0.4, -0.2) is 71.4 Å². The summed E-state index contributed by atoms with van der Waals surface area (Å²) in [6.45, 7) is 7.26. The summed E-state index contributed by atoms with van der Waals surface area (Å²) in [5, 5.41) is 5.84. The molecule has 0 bridgehead atoms. The smallest absolute Gasteiger partial charge is 0.410 e. The Morgan fingerprint density at radius 2 is 1.80 bits per heavy atom. The highest BCUT2D eigenvalue weighted by Gasteiger charge is 2.34. The van der Waals surface area contributed by atoms with Crippen molar-refractivity contribution in [2.45, 2.75) is 83.5 Å².